The summed E-state index contributed by atoms with van der Waals surface area (Å²) in [6.45, 7) is 0.977. The van der Waals surface area contributed by atoms with E-state index in [2.05, 4.69) is 0 Å². The van der Waals surface area contributed by atoms with Crippen molar-refractivity contribution in [3.63, 3.8) is 0 Å². The van der Waals surface area contributed by atoms with Gasteiger partial charge in [-0.15, -0.1) is 0 Å². The number of aliphatic hydroxyl groups excluding tert-OH is 1. The molecule has 1 nitrogen and oxygen atoms in total. The predicted molar refractivity (Wildman–Crippen MR) is 47.1 cm³/mol. The zero-order valence-electron chi connectivity index (χ0n) is 8.52. The van der Waals surface area contributed by atoms with Crippen LogP contribution in [0.5, 0.6) is 0 Å². The van der Waals surface area contributed by atoms with Gasteiger partial charge in [-0.2, -0.15) is 26.3 Å². The molecular weight excluding hydrogens is 250 g/mol. The fourth-order valence-electron chi connectivity index (χ4n) is 1.34. The number of aliphatic hydroxyl groups is 1. The normalized spacial score (nSPS) is 14.8. The largest absolute Gasteiger partial charge is 0.416 e. The molecule has 0 fully saturated rings. The molecule has 0 radical (unpaired) electrons. The van der Waals surface area contributed by atoms with E-state index in [0.717, 1.165) is 6.92 Å². The van der Waals surface area contributed by atoms with Gasteiger partial charge in [0.05, 0.1) is 17.2 Å². The maximum absolute atomic E-state index is 12.4. The van der Waals surface area contributed by atoms with E-state index in [9.17, 15) is 26.3 Å². The molecule has 17 heavy (non-hydrogen) atoms. The lowest BCUT2D eigenvalue weighted by Gasteiger charge is -2.17. The van der Waals surface area contributed by atoms with Crippen molar-refractivity contribution in [3.8, 4) is 0 Å². The lowest BCUT2D eigenvalue weighted by molar-refractivity contribution is -0.142. The Kier molecular flexibility index (Phi) is 3.42. The van der Waals surface area contributed by atoms with Crippen molar-refractivity contribution in [1.82, 2.24) is 0 Å². The van der Waals surface area contributed by atoms with Crippen LogP contribution in [-0.2, 0) is 12.4 Å². The molecule has 0 unspecified atom stereocenters. The predicted octanol–water partition coefficient (Wildman–Crippen LogP) is 3.78. The summed E-state index contributed by atoms with van der Waals surface area (Å²) < 4.78 is 74.2. The molecule has 1 aromatic rings. The molecule has 96 valence electrons. The highest BCUT2D eigenvalue weighted by Crippen LogP contribution is 2.38. The molecule has 0 saturated heterocycles. The molecule has 0 heterocycles. The van der Waals surface area contributed by atoms with Gasteiger partial charge in [0.15, 0.2) is 0 Å². The molecule has 1 rings (SSSR count). The molecule has 0 aliphatic rings. The monoisotopic (exact) mass is 258 g/mol. The quantitative estimate of drug-likeness (QED) is 0.760. The highest BCUT2D eigenvalue weighted by molar-refractivity contribution is 5.36. The number of alkyl halides is 6. The van der Waals surface area contributed by atoms with Crippen LogP contribution in [0.25, 0.3) is 0 Å². The smallest absolute Gasteiger partial charge is 0.389 e. The van der Waals surface area contributed by atoms with Crippen molar-refractivity contribution in [1.29, 1.82) is 0 Å². The zero-order chi connectivity index (χ0) is 13.4. The van der Waals surface area contributed by atoms with Gasteiger partial charge in [0.25, 0.3) is 0 Å². The summed E-state index contributed by atoms with van der Waals surface area (Å²) >= 11 is 0. The first kappa shape index (κ1) is 13.8. The highest BCUT2D eigenvalue weighted by atomic mass is 19.4. The van der Waals surface area contributed by atoms with E-state index in [1.165, 1.54) is 0 Å². The lowest BCUT2D eigenvalue weighted by atomic mass is 9.99. The minimum absolute atomic E-state index is 0.313. The number of hydrogen-bond acceptors (Lipinski definition) is 1. The molecule has 0 aliphatic carbocycles. The van der Waals surface area contributed by atoms with Crippen LogP contribution >= 0.6 is 0 Å². The highest BCUT2D eigenvalue weighted by Gasteiger charge is 2.37. The Labute approximate surface area is 92.7 Å². The maximum atomic E-state index is 12.4. The van der Waals surface area contributed by atoms with Crippen LogP contribution < -0.4 is 0 Å². The lowest BCUT2D eigenvalue weighted by Crippen LogP contribution is -2.14. The molecule has 0 aliphatic heterocycles. The number of benzene rings is 1. The van der Waals surface area contributed by atoms with Gasteiger partial charge in [-0.1, -0.05) is 0 Å². The van der Waals surface area contributed by atoms with Crippen LogP contribution in [0.3, 0.4) is 0 Å². The molecule has 1 atom stereocenters. The van der Waals surface area contributed by atoms with Gasteiger partial charge in [-0.05, 0) is 30.7 Å². The summed E-state index contributed by atoms with van der Waals surface area (Å²) in [7, 11) is 0. The van der Waals surface area contributed by atoms with E-state index >= 15 is 0 Å². The van der Waals surface area contributed by atoms with E-state index in [0.29, 0.717) is 18.2 Å². The molecule has 0 spiro atoms. The summed E-state index contributed by atoms with van der Waals surface area (Å²) in [5.74, 6) is 0. The second-order valence-corrected chi connectivity index (χ2v) is 3.47. The van der Waals surface area contributed by atoms with Gasteiger partial charge >= 0.3 is 12.4 Å². The first-order valence-electron chi connectivity index (χ1n) is 4.50. The Hall–Kier alpha value is -1.24. The fraction of sp³-hybridized carbons (Fsp3) is 0.400. The van der Waals surface area contributed by atoms with Crippen molar-refractivity contribution in [2.75, 3.05) is 0 Å². The third-order valence-corrected chi connectivity index (χ3v) is 2.13. The topological polar surface area (TPSA) is 20.2 Å². The Morgan fingerprint density at radius 2 is 1.53 bits per heavy atom. The fourth-order valence-corrected chi connectivity index (χ4v) is 1.34. The van der Waals surface area contributed by atoms with Crippen LogP contribution in [0.1, 0.15) is 29.7 Å². The maximum Gasteiger partial charge on any atom is 0.416 e. The Morgan fingerprint density at radius 1 is 1.00 bits per heavy atom. The van der Waals surface area contributed by atoms with Crippen LogP contribution in [0.2, 0.25) is 0 Å². The first-order chi connectivity index (χ1) is 7.53. The minimum atomic E-state index is -4.80. The molecular formula is C10H8F6O. The van der Waals surface area contributed by atoms with Crippen molar-refractivity contribution in [2.45, 2.75) is 25.4 Å². The van der Waals surface area contributed by atoms with E-state index in [4.69, 9.17) is 5.11 Å². The van der Waals surface area contributed by atoms with E-state index in [1.54, 1.807) is 0 Å². The molecule has 0 amide bonds. The van der Waals surface area contributed by atoms with Gasteiger partial charge in [-0.3, -0.25) is 0 Å². The first-order valence-corrected chi connectivity index (χ1v) is 4.50. The number of rotatable bonds is 1. The summed E-state index contributed by atoms with van der Waals surface area (Å²) in [4.78, 5) is 0. The molecule has 0 aromatic heterocycles. The van der Waals surface area contributed by atoms with Gasteiger partial charge in [0.1, 0.15) is 0 Å². The molecule has 0 saturated carbocycles. The summed E-state index contributed by atoms with van der Waals surface area (Å²) in [5, 5.41) is 9.09. The molecule has 0 bridgehead atoms. The second kappa shape index (κ2) is 4.21. The van der Waals surface area contributed by atoms with Gasteiger partial charge in [0, 0.05) is 0 Å². The van der Waals surface area contributed by atoms with Crippen LogP contribution in [0, 0.1) is 0 Å². The average Bonchev–Trinajstić information content (AvgIpc) is 2.14. The van der Waals surface area contributed by atoms with Gasteiger partial charge in [0.2, 0.25) is 0 Å². The number of halogens is 6. The Balaban J connectivity index is 3.38. The Morgan fingerprint density at radius 3 is 1.88 bits per heavy atom. The van der Waals surface area contributed by atoms with Gasteiger partial charge in [-0.25, -0.2) is 0 Å². The zero-order valence-corrected chi connectivity index (χ0v) is 8.52. The van der Waals surface area contributed by atoms with Crippen LogP contribution in [0.4, 0.5) is 26.3 Å². The third-order valence-electron chi connectivity index (χ3n) is 2.13. The van der Waals surface area contributed by atoms with Crippen molar-refractivity contribution in [3.05, 3.63) is 34.9 Å². The van der Waals surface area contributed by atoms with Gasteiger partial charge < -0.3 is 5.11 Å². The third kappa shape index (κ3) is 3.12. The minimum Gasteiger partial charge on any atom is -0.389 e. The second-order valence-electron chi connectivity index (χ2n) is 3.47. The van der Waals surface area contributed by atoms with Crippen molar-refractivity contribution < 1.29 is 31.4 Å². The van der Waals surface area contributed by atoms with E-state index < -0.39 is 35.1 Å². The van der Waals surface area contributed by atoms with Crippen molar-refractivity contribution in [2.24, 2.45) is 0 Å². The molecule has 1 N–H and O–H groups in total. The summed E-state index contributed by atoms with van der Waals surface area (Å²) in [6.07, 6.45) is -11.2. The SMILES string of the molecule is C[C@H](O)c1cc(C(F)(F)F)ccc1C(F)(F)F. The number of hydrogen-bond donors (Lipinski definition) is 1. The standard InChI is InChI=1S/C10H8F6O/c1-5(17)7-4-6(9(11,12)13)2-3-8(7)10(14,15)16/h2-5,17H,1H3/t5-/m0/s1. The molecule has 7 heteroatoms. The Bertz CT molecular complexity index is 404. The van der Waals surface area contributed by atoms with E-state index in [1.807, 2.05) is 0 Å². The van der Waals surface area contributed by atoms with Crippen LogP contribution in [-0.4, -0.2) is 5.11 Å². The summed E-state index contributed by atoms with van der Waals surface area (Å²) in [6, 6.07) is 0.979. The van der Waals surface area contributed by atoms with Crippen LogP contribution in [0.15, 0.2) is 18.2 Å². The van der Waals surface area contributed by atoms with Crippen molar-refractivity contribution >= 4 is 0 Å². The average molecular weight is 258 g/mol. The summed E-state index contributed by atoms with van der Waals surface area (Å²) in [5.41, 5.74) is -3.27. The molecule has 1 aromatic carbocycles. The van der Waals surface area contributed by atoms with E-state index in [-0.39, 0.29) is 0 Å².